The van der Waals surface area contributed by atoms with E-state index in [4.69, 9.17) is 16.3 Å². The number of para-hydroxylation sites is 1. The molecule has 0 fully saturated rings. The Morgan fingerprint density at radius 1 is 1.20 bits per heavy atom. The van der Waals surface area contributed by atoms with Crippen molar-refractivity contribution in [3.05, 3.63) is 70.2 Å². The van der Waals surface area contributed by atoms with Gasteiger partial charge in [0.05, 0.1) is 7.11 Å². The van der Waals surface area contributed by atoms with Gasteiger partial charge >= 0.3 is 0 Å². The van der Waals surface area contributed by atoms with Crippen molar-refractivity contribution in [1.29, 1.82) is 0 Å². The van der Waals surface area contributed by atoms with Crippen LogP contribution in [0.2, 0.25) is 5.02 Å². The minimum Gasteiger partial charge on any atom is -0.496 e. The lowest BCUT2D eigenvalue weighted by atomic mass is 10.2. The largest absolute Gasteiger partial charge is 0.496 e. The third kappa shape index (κ3) is 4.00. The molecule has 0 saturated carbocycles. The van der Waals surface area contributed by atoms with Crippen molar-refractivity contribution in [1.82, 2.24) is 9.88 Å². The molecule has 0 aliphatic carbocycles. The number of hydrogen-bond acceptors (Lipinski definition) is 4. The Hall–Kier alpha value is -2.37. The second kappa shape index (κ2) is 7.68. The van der Waals surface area contributed by atoms with E-state index in [0.29, 0.717) is 17.3 Å². The van der Waals surface area contributed by atoms with Crippen LogP contribution in [-0.4, -0.2) is 29.9 Å². The van der Waals surface area contributed by atoms with E-state index in [1.165, 1.54) is 11.3 Å². The van der Waals surface area contributed by atoms with Gasteiger partial charge in [0.2, 0.25) is 0 Å². The average Bonchev–Trinajstić information content (AvgIpc) is 3.12. The van der Waals surface area contributed by atoms with Gasteiger partial charge in [-0.3, -0.25) is 4.79 Å². The highest BCUT2D eigenvalue weighted by molar-refractivity contribution is 7.13. The molecule has 3 rings (SSSR count). The number of ether oxygens (including phenoxy) is 1. The summed E-state index contributed by atoms with van der Waals surface area (Å²) >= 11 is 7.35. The van der Waals surface area contributed by atoms with Gasteiger partial charge in [-0.25, -0.2) is 4.98 Å². The normalized spacial score (nSPS) is 10.5. The predicted molar refractivity (Wildman–Crippen MR) is 101 cm³/mol. The first-order chi connectivity index (χ1) is 12.1. The minimum atomic E-state index is -0.123. The molecule has 0 atom stereocenters. The fourth-order valence-electron chi connectivity index (χ4n) is 2.45. The zero-order valence-corrected chi connectivity index (χ0v) is 15.5. The number of carbonyl (C=O) groups excluding carboxylic acids is 1. The molecule has 0 N–H and O–H groups in total. The number of rotatable bonds is 5. The summed E-state index contributed by atoms with van der Waals surface area (Å²) in [6, 6.07) is 15.1. The number of amides is 1. The molecular formula is C19H17ClN2O2S. The number of nitrogens with zero attached hydrogens (tertiary/aromatic N) is 2. The number of thiazole rings is 1. The van der Waals surface area contributed by atoms with Gasteiger partial charge in [0.25, 0.3) is 5.91 Å². The van der Waals surface area contributed by atoms with Crippen LogP contribution in [0.1, 0.15) is 16.1 Å². The van der Waals surface area contributed by atoms with E-state index in [-0.39, 0.29) is 5.91 Å². The summed E-state index contributed by atoms with van der Waals surface area (Å²) in [6.45, 7) is 0.455. The standard InChI is InChI=1S/C19H17ClN2O2S/c1-22(11-14-5-3-4-6-17(14)24-2)19(23)16-12-25-18(21-16)13-7-9-15(20)10-8-13/h3-10,12H,11H2,1-2H3. The molecule has 4 nitrogen and oxygen atoms in total. The van der Waals surface area contributed by atoms with Gasteiger partial charge in [-0.1, -0.05) is 41.9 Å². The molecule has 1 heterocycles. The van der Waals surface area contributed by atoms with E-state index in [9.17, 15) is 4.79 Å². The van der Waals surface area contributed by atoms with Crippen molar-refractivity contribution in [2.24, 2.45) is 0 Å². The second-order valence-electron chi connectivity index (χ2n) is 5.52. The van der Waals surface area contributed by atoms with Crippen LogP contribution in [0, 0.1) is 0 Å². The summed E-state index contributed by atoms with van der Waals surface area (Å²) in [4.78, 5) is 18.8. The molecule has 6 heteroatoms. The highest BCUT2D eigenvalue weighted by Gasteiger charge is 2.17. The Morgan fingerprint density at radius 2 is 1.92 bits per heavy atom. The van der Waals surface area contributed by atoms with Gasteiger partial charge in [-0.05, 0) is 18.2 Å². The maximum absolute atomic E-state index is 12.7. The zero-order chi connectivity index (χ0) is 17.8. The Balaban J connectivity index is 1.75. The average molecular weight is 373 g/mol. The molecule has 0 unspecified atom stereocenters. The molecule has 0 bridgehead atoms. The summed E-state index contributed by atoms with van der Waals surface area (Å²) in [5, 5.41) is 3.25. The SMILES string of the molecule is COc1ccccc1CN(C)C(=O)c1csc(-c2ccc(Cl)cc2)n1. The maximum atomic E-state index is 12.7. The molecule has 3 aromatic rings. The molecule has 0 saturated heterocycles. The number of carbonyl (C=O) groups is 1. The summed E-state index contributed by atoms with van der Waals surface area (Å²) in [6.07, 6.45) is 0. The topological polar surface area (TPSA) is 42.4 Å². The molecule has 128 valence electrons. The van der Waals surface area contributed by atoms with E-state index in [2.05, 4.69) is 4.98 Å². The van der Waals surface area contributed by atoms with Gasteiger partial charge in [0, 0.05) is 35.1 Å². The fraction of sp³-hybridized carbons (Fsp3) is 0.158. The van der Waals surface area contributed by atoms with Gasteiger partial charge < -0.3 is 9.64 Å². The van der Waals surface area contributed by atoms with Crippen LogP contribution in [0.5, 0.6) is 5.75 Å². The van der Waals surface area contributed by atoms with E-state index in [1.807, 2.05) is 48.5 Å². The molecule has 1 aromatic heterocycles. The Morgan fingerprint density at radius 3 is 2.64 bits per heavy atom. The Kier molecular flexibility index (Phi) is 5.36. The van der Waals surface area contributed by atoms with Crippen LogP contribution in [0.15, 0.2) is 53.9 Å². The van der Waals surface area contributed by atoms with Crippen LogP contribution in [-0.2, 0) is 6.54 Å². The van der Waals surface area contributed by atoms with Gasteiger partial charge in [0.1, 0.15) is 16.5 Å². The molecule has 25 heavy (non-hydrogen) atoms. The summed E-state index contributed by atoms with van der Waals surface area (Å²) in [5.41, 5.74) is 2.34. The van der Waals surface area contributed by atoms with Gasteiger partial charge in [0.15, 0.2) is 0 Å². The van der Waals surface area contributed by atoms with Crippen molar-refractivity contribution >= 4 is 28.8 Å². The number of methoxy groups -OCH3 is 1. The lowest BCUT2D eigenvalue weighted by molar-refractivity contribution is 0.0779. The molecule has 0 radical (unpaired) electrons. The molecule has 2 aromatic carbocycles. The van der Waals surface area contributed by atoms with Crippen LogP contribution >= 0.6 is 22.9 Å². The zero-order valence-electron chi connectivity index (χ0n) is 13.9. The van der Waals surface area contributed by atoms with E-state index in [0.717, 1.165) is 21.9 Å². The number of aromatic nitrogens is 1. The monoisotopic (exact) mass is 372 g/mol. The first-order valence-electron chi connectivity index (χ1n) is 7.67. The van der Waals surface area contributed by atoms with Crippen LogP contribution in [0.4, 0.5) is 0 Å². The minimum absolute atomic E-state index is 0.123. The maximum Gasteiger partial charge on any atom is 0.273 e. The van der Waals surface area contributed by atoms with Crippen molar-refractivity contribution in [2.75, 3.05) is 14.2 Å². The highest BCUT2D eigenvalue weighted by atomic mass is 35.5. The summed E-state index contributed by atoms with van der Waals surface area (Å²) < 4.78 is 5.34. The molecule has 0 aliphatic heterocycles. The fourth-order valence-corrected chi connectivity index (χ4v) is 3.38. The predicted octanol–water partition coefficient (Wildman–Crippen LogP) is 4.74. The second-order valence-corrected chi connectivity index (χ2v) is 6.81. The van der Waals surface area contributed by atoms with Gasteiger partial charge in [-0.15, -0.1) is 11.3 Å². The van der Waals surface area contributed by atoms with Crippen LogP contribution in [0.25, 0.3) is 10.6 Å². The molecular weight excluding hydrogens is 356 g/mol. The third-order valence-corrected chi connectivity index (χ3v) is 4.90. The van der Waals surface area contributed by atoms with Crippen molar-refractivity contribution < 1.29 is 9.53 Å². The lowest BCUT2D eigenvalue weighted by Gasteiger charge is -2.17. The highest BCUT2D eigenvalue weighted by Crippen LogP contribution is 2.26. The van der Waals surface area contributed by atoms with Crippen molar-refractivity contribution in [3.8, 4) is 16.3 Å². The molecule has 0 spiro atoms. The smallest absolute Gasteiger partial charge is 0.273 e. The number of halogens is 1. The quantitative estimate of drug-likeness (QED) is 0.649. The Labute approximate surface area is 155 Å². The van der Waals surface area contributed by atoms with Gasteiger partial charge in [-0.2, -0.15) is 0 Å². The van der Waals surface area contributed by atoms with E-state index >= 15 is 0 Å². The van der Waals surface area contributed by atoms with E-state index in [1.54, 1.807) is 24.4 Å². The number of hydrogen-bond donors (Lipinski definition) is 0. The summed E-state index contributed by atoms with van der Waals surface area (Å²) in [5.74, 6) is 0.643. The third-order valence-electron chi connectivity index (χ3n) is 3.76. The van der Waals surface area contributed by atoms with Crippen LogP contribution < -0.4 is 4.74 Å². The number of benzene rings is 2. The Bertz CT molecular complexity index is 877. The van der Waals surface area contributed by atoms with E-state index < -0.39 is 0 Å². The van der Waals surface area contributed by atoms with Crippen LogP contribution in [0.3, 0.4) is 0 Å². The van der Waals surface area contributed by atoms with Crippen molar-refractivity contribution in [3.63, 3.8) is 0 Å². The summed E-state index contributed by atoms with van der Waals surface area (Å²) in [7, 11) is 3.38. The molecule has 1 amide bonds. The van der Waals surface area contributed by atoms with Crippen molar-refractivity contribution in [2.45, 2.75) is 6.54 Å². The lowest BCUT2D eigenvalue weighted by Crippen LogP contribution is -2.26. The first kappa shape index (κ1) is 17.5. The molecule has 0 aliphatic rings. The first-order valence-corrected chi connectivity index (χ1v) is 8.93.